The SMILES string of the molecule is CCC[NH+]1CCCC1CC.[C-]#N. The summed E-state index contributed by atoms with van der Waals surface area (Å²) in [5, 5.41) is 6.25. The van der Waals surface area contributed by atoms with Crippen molar-refractivity contribution in [3.05, 3.63) is 6.57 Å². The van der Waals surface area contributed by atoms with Crippen LogP contribution in [0.3, 0.4) is 0 Å². The molecule has 1 rings (SSSR count). The maximum Gasteiger partial charge on any atom is 0.0874 e. The Morgan fingerprint density at radius 1 is 1.42 bits per heavy atom. The largest absolute Gasteiger partial charge is 0.512 e. The molecule has 1 aliphatic heterocycles. The number of nitrogens with one attached hydrogen (secondary N) is 1. The maximum absolute atomic E-state index is 6.25. The van der Waals surface area contributed by atoms with Gasteiger partial charge in [-0.3, -0.25) is 0 Å². The standard InChI is InChI=1S/C9H19N.CN/c1-3-7-10-8-5-6-9(10)4-2;1-2/h9H,3-8H2,1-2H3;/q;-1/p+1. The number of hydrogen-bond donors (Lipinski definition) is 1. The third-order valence-corrected chi connectivity index (χ3v) is 2.69. The molecule has 2 atom stereocenters. The highest BCUT2D eigenvalue weighted by atomic mass is 15.2. The van der Waals surface area contributed by atoms with Gasteiger partial charge in [0.15, 0.2) is 0 Å². The molecule has 1 aliphatic rings. The summed E-state index contributed by atoms with van der Waals surface area (Å²) in [5.41, 5.74) is 0. The Balaban J connectivity index is 0.000000561. The Labute approximate surface area is 76.2 Å². The summed E-state index contributed by atoms with van der Waals surface area (Å²) in [4.78, 5) is 1.87. The number of nitrogens with zero attached hydrogens (tertiary/aromatic N) is 1. The van der Waals surface area contributed by atoms with Crippen LogP contribution in [0.15, 0.2) is 0 Å². The fraction of sp³-hybridized carbons (Fsp3) is 0.900. The van der Waals surface area contributed by atoms with Crippen molar-refractivity contribution in [1.82, 2.24) is 0 Å². The number of hydrogen-bond acceptors (Lipinski definition) is 1. The summed E-state index contributed by atoms with van der Waals surface area (Å²) in [7, 11) is 0. The first kappa shape index (κ1) is 11.4. The first-order chi connectivity index (χ1) is 5.88. The second-order valence-corrected chi connectivity index (χ2v) is 3.41. The van der Waals surface area contributed by atoms with Gasteiger partial charge in [-0.25, -0.2) is 0 Å². The minimum absolute atomic E-state index is 1.000. The lowest BCUT2D eigenvalue weighted by Crippen LogP contribution is -3.13. The van der Waals surface area contributed by atoms with Crippen molar-refractivity contribution < 1.29 is 4.90 Å². The van der Waals surface area contributed by atoms with E-state index in [1.165, 1.54) is 38.8 Å². The fourth-order valence-electron chi connectivity index (χ4n) is 2.13. The summed E-state index contributed by atoms with van der Waals surface area (Å²) in [5.74, 6) is 0. The topological polar surface area (TPSA) is 28.2 Å². The molecule has 0 saturated carbocycles. The predicted octanol–water partition coefficient (Wildman–Crippen LogP) is 0.950. The van der Waals surface area contributed by atoms with Gasteiger partial charge in [0.05, 0.1) is 19.1 Å². The lowest BCUT2D eigenvalue weighted by atomic mass is 10.2. The van der Waals surface area contributed by atoms with Crippen molar-refractivity contribution in [3.63, 3.8) is 0 Å². The molecule has 0 aromatic heterocycles. The lowest BCUT2D eigenvalue weighted by Gasteiger charge is -2.18. The minimum Gasteiger partial charge on any atom is -0.512 e. The molecule has 2 unspecified atom stereocenters. The van der Waals surface area contributed by atoms with Gasteiger partial charge in [-0.2, -0.15) is 0 Å². The number of rotatable bonds is 3. The van der Waals surface area contributed by atoms with E-state index >= 15 is 0 Å². The van der Waals surface area contributed by atoms with E-state index in [1.807, 2.05) is 4.90 Å². The zero-order valence-corrected chi connectivity index (χ0v) is 8.27. The molecular formula is C10H20N2. The number of quaternary nitrogens is 1. The van der Waals surface area contributed by atoms with Crippen molar-refractivity contribution in [1.29, 1.82) is 5.26 Å². The van der Waals surface area contributed by atoms with Crippen LogP contribution in [0.5, 0.6) is 0 Å². The molecule has 1 saturated heterocycles. The normalized spacial score (nSPS) is 27.7. The Morgan fingerprint density at radius 3 is 2.58 bits per heavy atom. The molecule has 1 N–H and O–H groups in total. The third-order valence-electron chi connectivity index (χ3n) is 2.69. The molecule has 0 aromatic carbocycles. The molecule has 1 fully saturated rings. The summed E-state index contributed by atoms with van der Waals surface area (Å²) in [6.45, 7) is 12.2. The van der Waals surface area contributed by atoms with Gasteiger partial charge in [0, 0.05) is 12.8 Å². The molecule has 1 heterocycles. The van der Waals surface area contributed by atoms with E-state index in [-0.39, 0.29) is 0 Å². The Morgan fingerprint density at radius 2 is 2.08 bits per heavy atom. The molecule has 70 valence electrons. The summed E-state index contributed by atoms with van der Waals surface area (Å²) in [6.07, 6.45) is 5.68. The molecule has 0 aromatic rings. The van der Waals surface area contributed by atoms with Crippen molar-refractivity contribution >= 4 is 0 Å². The summed E-state index contributed by atoms with van der Waals surface area (Å²) in [6, 6.07) is 1.000. The average Bonchev–Trinajstić information content (AvgIpc) is 2.56. The van der Waals surface area contributed by atoms with Crippen molar-refractivity contribution in [2.45, 2.75) is 45.6 Å². The van der Waals surface area contributed by atoms with Crippen LogP contribution in [-0.4, -0.2) is 19.1 Å². The van der Waals surface area contributed by atoms with E-state index in [9.17, 15) is 0 Å². The van der Waals surface area contributed by atoms with Crippen LogP contribution < -0.4 is 4.90 Å². The van der Waals surface area contributed by atoms with Crippen LogP contribution >= 0.6 is 0 Å². The zero-order valence-electron chi connectivity index (χ0n) is 8.27. The summed E-state index contributed by atoms with van der Waals surface area (Å²) < 4.78 is 0. The van der Waals surface area contributed by atoms with Crippen LogP contribution in [0.1, 0.15) is 39.5 Å². The molecular weight excluding hydrogens is 148 g/mol. The zero-order chi connectivity index (χ0) is 9.40. The highest BCUT2D eigenvalue weighted by Crippen LogP contribution is 2.02. The molecule has 2 nitrogen and oxygen atoms in total. The maximum atomic E-state index is 6.25. The Bertz CT molecular complexity index is 120. The molecule has 0 aliphatic carbocycles. The smallest absolute Gasteiger partial charge is 0.0874 e. The fourth-order valence-corrected chi connectivity index (χ4v) is 2.13. The summed E-state index contributed by atoms with van der Waals surface area (Å²) >= 11 is 0. The monoisotopic (exact) mass is 168 g/mol. The van der Waals surface area contributed by atoms with Gasteiger partial charge >= 0.3 is 0 Å². The first-order valence-corrected chi connectivity index (χ1v) is 4.95. The van der Waals surface area contributed by atoms with E-state index < -0.39 is 0 Å². The third kappa shape index (κ3) is 3.23. The van der Waals surface area contributed by atoms with E-state index in [0.29, 0.717) is 0 Å². The van der Waals surface area contributed by atoms with Gasteiger partial charge in [0.2, 0.25) is 0 Å². The van der Waals surface area contributed by atoms with Crippen molar-refractivity contribution in [3.8, 4) is 0 Å². The lowest BCUT2D eigenvalue weighted by molar-refractivity contribution is -0.912. The van der Waals surface area contributed by atoms with E-state index in [2.05, 4.69) is 13.8 Å². The van der Waals surface area contributed by atoms with Gasteiger partial charge in [-0.1, -0.05) is 13.8 Å². The molecule has 0 spiro atoms. The molecule has 0 amide bonds. The highest BCUT2D eigenvalue weighted by molar-refractivity contribution is 4.59. The van der Waals surface area contributed by atoms with Crippen LogP contribution in [0.4, 0.5) is 0 Å². The number of likely N-dealkylation sites (tertiary alicyclic amines) is 1. The minimum atomic E-state index is 1.000. The predicted molar refractivity (Wildman–Crippen MR) is 49.3 cm³/mol. The van der Waals surface area contributed by atoms with Gasteiger partial charge < -0.3 is 16.7 Å². The van der Waals surface area contributed by atoms with Crippen molar-refractivity contribution in [2.75, 3.05) is 13.1 Å². The first-order valence-electron chi connectivity index (χ1n) is 4.95. The molecule has 0 bridgehead atoms. The van der Waals surface area contributed by atoms with E-state index in [1.54, 1.807) is 0 Å². The van der Waals surface area contributed by atoms with Crippen LogP contribution in [0, 0.1) is 11.8 Å². The van der Waals surface area contributed by atoms with Gasteiger partial charge in [0.1, 0.15) is 0 Å². The highest BCUT2D eigenvalue weighted by Gasteiger charge is 2.25. The second-order valence-electron chi connectivity index (χ2n) is 3.41. The van der Waals surface area contributed by atoms with Crippen LogP contribution in [0.25, 0.3) is 0 Å². The molecule has 2 heteroatoms. The van der Waals surface area contributed by atoms with Gasteiger partial charge in [-0.15, -0.1) is 0 Å². The van der Waals surface area contributed by atoms with E-state index in [4.69, 9.17) is 11.8 Å². The van der Waals surface area contributed by atoms with Gasteiger partial charge in [0.25, 0.3) is 0 Å². The Kier molecular flexibility index (Phi) is 6.79. The van der Waals surface area contributed by atoms with Gasteiger partial charge in [-0.05, 0) is 12.8 Å². The van der Waals surface area contributed by atoms with E-state index in [0.717, 1.165) is 6.04 Å². The quantitative estimate of drug-likeness (QED) is 0.624. The second kappa shape index (κ2) is 7.12. The van der Waals surface area contributed by atoms with Crippen LogP contribution in [0.2, 0.25) is 0 Å². The molecule has 0 radical (unpaired) electrons. The average molecular weight is 168 g/mol. The van der Waals surface area contributed by atoms with Crippen LogP contribution in [-0.2, 0) is 0 Å². The Hall–Kier alpha value is -0.550. The molecule has 12 heavy (non-hydrogen) atoms. The van der Waals surface area contributed by atoms with Crippen molar-refractivity contribution in [2.24, 2.45) is 0 Å².